The summed E-state index contributed by atoms with van der Waals surface area (Å²) in [7, 11) is 0. The van der Waals surface area contributed by atoms with E-state index in [0.29, 0.717) is 6.67 Å². The van der Waals surface area contributed by atoms with Crippen molar-refractivity contribution in [3.63, 3.8) is 0 Å². The molecule has 0 saturated heterocycles. The highest BCUT2D eigenvalue weighted by Crippen LogP contribution is 2.32. The Morgan fingerprint density at radius 1 is 1.06 bits per heavy atom. The van der Waals surface area contributed by atoms with Crippen LogP contribution in [0.15, 0.2) is 24.3 Å². The van der Waals surface area contributed by atoms with Crippen molar-refractivity contribution in [2.24, 2.45) is 5.84 Å². The molecule has 0 heterocycles. The third kappa shape index (κ3) is 3.80. The minimum Gasteiger partial charge on any atom is -0.299 e. The lowest BCUT2D eigenvalue weighted by Crippen LogP contribution is -2.33. The quantitative estimate of drug-likeness (QED) is 0.316. The summed E-state index contributed by atoms with van der Waals surface area (Å²) in [5, 5.41) is 3.21. The lowest BCUT2D eigenvalue weighted by Gasteiger charge is -2.22. The lowest BCUT2D eigenvalue weighted by molar-refractivity contribution is 0.443. The number of hydrogen-bond acceptors (Lipinski definition) is 3. The SMILES string of the molecule is NNCNCc1ccc(C2CCCCC2)cc1. The highest BCUT2D eigenvalue weighted by molar-refractivity contribution is 5.25. The monoisotopic (exact) mass is 233 g/mol. The summed E-state index contributed by atoms with van der Waals surface area (Å²) < 4.78 is 0. The zero-order chi connectivity index (χ0) is 11.9. The summed E-state index contributed by atoms with van der Waals surface area (Å²) in [6.45, 7) is 1.51. The van der Waals surface area contributed by atoms with Gasteiger partial charge in [0.15, 0.2) is 0 Å². The molecule has 0 aliphatic heterocycles. The van der Waals surface area contributed by atoms with E-state index in [1.807, 2.05) is 0 Å². The molecule has 0 atom stereocenters. The Balaban J connectivity index is 1.88. The van der Waals surface area contributed by atoms with E-state index in [-0.39, 0.29) is 0 Å². The van der Waals surface area contributed by atoms with Crippen molar-refractivity contribution in [2.45, 2.75) is 44.6 Å². The normalized spacial score (nSPS) is 17.2. The van der Waals surface area contributed by atoms with Crippen LogP contribution in [0.2, 0.25) is 0 Å². The van der Waals surface area contributed by atoms with Crippen LogP contribution in [0.3, 0.4) is 0 Å². The second-order valence-electron chi connectivity index (χ2n) is 4.88. The lowest BCUT2D eigenvalue weighted by atomic mass is 9.84. The predicted molar refractivity (Wildman–Crippen MR) is 71.3 cm³/mol. The van der Waals surface area contributed by atoms with Gasteiger partial charge in [0.25, 0.3) is 0 Å². The Labute approximate surface area is 104 Å². The summed E-state index contributed by atoms with van der Waals surface area (Å²) >= 11 is 0. The van der Waals surface area contributed by atoms with E-state index in [9.17, 15) is 0 Å². The van der Waals surface area contributed by atoms with Crippen molar-refractivity contribution in [1.82, 2.24) is 10.7 Å². The van der Waals surface area contributed by atoms with E-state index in [4.69, 9.17) is 5.84 Å². The van der Waals surface area contributed by atoms with Gasteiger partial charge in [-0.25, -0.2) is 5.43 Å². The largest absolute Gasteiger partial charge is 0.299 e. The van der Waals surface area contributed by atoms with Crippen LogP contribution in [0.5, 0.6) is 0 Å². The smallest absolute Gasteiger partial charge is 0.0590 e. The molecule has 3 heteroatoms. The fourth-order valence-electron chi connectivity index (χ4n) is 2.62. The van der Waals surface area contributed by atoms with Gasteiger partial charge in [0.2, 0.25) is 0 Å². The average molecular weight is 233 g/mol. The first-order valence-electron chi connectivity index (χ1n) is 6.63. The number of hydrazine groups is 1. The molecule has 1 aliphatic carbocycles. The number of nitrogens with one attached hydrogen (secondary N) is 2. The molecule has 0 aromatic heterocycles. The third-order valence-electron chi connectivity index (χ3n) is 3.61. The summed E-state index contributed by atoms with van der Waals surface area (Å²) in [5.41, 5.74) is 5.43. The van der Waals surface area contributed by atoms with Gasteiger partial charge in [-0.2, -0.15) is 0 Å². The van der Waals surface area contributed by atoms with E-state index in [0.717, 1.165) is 12.5 Å². The Morgan fingerprint density at radius 3 is 2.41 bits per heavy atom. The van der Waals surface area contributed by atoms with Crippen LogP contribution in [0.1, 0.15) is 49.1 Å². The van der Waals surface area contributed by atoms with Gasteiger partial charge < -0.3 is 0 Å². The first-order chi connectivity index (χ1) is 8.40. The van der Waals surface area contributed by atoms with Crippen LogP contribution >= 0.6 is 0 Å². The molecule has 1 aromatic carbocycles. The molecule has 0 spiro atoms. The van der Waals surface area contributed by atoms with Crippen molar-refractivity contribution < 1.29 is 0 Å². The topological polar surface area (TPSA) is 50.1 Å². The fraction of sp³-hybridized carbons (Fsp3) is 0.571. The van der Waals surface area contributed by atoms with Gasteiger partial charge in [0, 0.05) is 6.54 Å². The average Bonchev–Trinajstić information content (AvgIpc) is 2.41. The zero-order valence-corrected chi connectivity index (χ0v) is 10.4. The van der Waals surface area contributed by atoms with Crippen molar-refractivity contribution in [1.29, 1.82) is 0 Å². The molecule has 2 rings (SSSR count). The standard InChI is InChI=1S/C14H23N3/c15-17-11-16-10-12-6-8-14(9-7-12)13-4-2-1-3-5-13/h6-9,13,16-17H,1-5,10-11,15H2. The Kier molecular flexibility index (Phi) is 4.98. The van der Waals surface area contributed by atoms with Crippen LogP contribution in [0.4, 0.5) is 0 Å². The summed E-state index contributed by atoms with van der Waals surface area (Å²) in [4.78, 5) is 0. The van der Waals surface area contributed by atoms with E-state index >= 15 is 0 Å². The number of nitrogens with two attached hydrogens (primary N) is 1. The van der Waals surface area contributed by atoms with Crippen molar-refractivity contribution in [3.05, 3.63) is 35.4 Å². The van der Waals surface area contributed by atoms with Gasteiger partial charge in [-0.1, -0.05) is 43.5 Å². The minimum atomic E-state index is 0.643. The van der Waals surface area contributed by atoms with E-state index < -0.39 is 0 Å². The molecule has 0 bridgehead atoms. The van der Waals surface area contributed by atoms with Gasteiger partial charge in [0.1, 0.15) is 0 Å². The molecule has 0 radical (unpaired) electrons. The Bertz CT molecular complexity index is 315. The fourth-order valence-corrected chi connectivity index (χ4v) is 2.62. The van der Waals surface area contributed by atoms with E-state index in [1.165, 1.54) is 43.2 Å². The summed E-state index contributed by atoms with van der Waals surface area (Å²) in [6.07, 6.45) is 6.96. The van der Waals surface area contributed by atoms with Crippen LogP contribution in [0, 0.1) is 0 Å². The third-order valence-corrected chi connectivity index (χ3v) is 3.61. The molecule has 94 valence electrons. The molecule has 17 heavy (non-hydrogen) atoms. The van der Waals surface area contributed by atoms with E-state index in [2.05, 4.69) is 35.0 Å². The van der Waals surface area contributed by atoms with E-state index in [1.54, 1.807) is 0 Å². The van der Waals surface area contributed by atoms with Crippen LogP contribution in [0.25, 0.3) is 0 Å². The molecule has 4 N–H and O–H groups in total. The van der Waals surface area contributed by atoms with Gasteiger partial charge in [0.05, 0.1) is 6.67 Å². The minimum absolute atomic E-state index is 0.643. The van der Waals surface area contributed by atoms with Crippen LogP contribution in [-0.4, -0.2) is 6.67 Å². The maximum absolute atomic E-state index is 5.20. The molecule has 0 unspecified atom stereocenters. The summed E-state index contributed by atoms with van der Waals surface area (Å²) in [6, 6.07) is 9.05. The van der Waals surface area contributed by atoms with Crippen molar-refractivity contribution in [2.75, 3.05) is 6.67 Å². The zero-order valence-electron chi connectivity index (χ0n) is 10.4. The summed E-state index contributed by atoms with van der Waals surface area (Å²) in [5.74, 6) is 6.00. The van der Waals surface area contributed by atoms with Gasteiger partial charge >= 0.3 is 0 Å². The number of rotatable bonds is 5. The molecular formula is C14H23N3. The Morgan fingerprint density at radius 2 is 1.76 bits per heavy atom. The highest BCUT2D eigenvalue weighted by Gasteiger charge is 2.14. The molecule has 0 amide bonds. The maximum atomic E-state index is 5.20. The number of hydrogen-bond donors (Lipinski definition) is 3. The Hall–Kier alpha value is -0.900. The van der Waals surface area contributed by atoms with Crippen molar-refractivity contribution in [3.8, 4) is 0 Å². The maximum Gasteiger partial charge on any atom is 0.0590 e. The highest BCUT2D eigenvalue weighted by atomic mass is 15.3. The van der Waals surface area contributed by atoms with Crippen LogP contribution < -0.4 is 16.6 Å². The molecule has 1 aliphatic rings. The molecule has 1 aromatic rings. The van der Waals surface area contributed by atoms with Gasteiger partial charge in [-0.15, -0.1) is 0 Å². The molecular weight excluding hydrogens is 210 g/mol. The molecule has 1 saturated carbocycles. The second kappa shape index (κ2) is 6.74. The van der Waals surface area contributed by atoms with Crippen molar-refractivity contribution >= 4 is 0 Å². The first-order valence-corrected chi connectivity index (χ1v) is 6.63. The van der Waals surface area contributed by atoms with Crippen LogP contribution in [-0.2, 0) is 6.54 Å². The number of benzene rings is 1. The predicted octanol–water partition coefficient (Wildman–Crippen LogP) is 2.24. The van der Waals surface area contributed by atoms with Gasteiger partial charge in [-0.05, 0) is 29.9 Å². The first kappa shape index (κ1) is 12.6. The molecule has 3 nitrogen and oxygen atoms in total. The van der Waals surface area contributed by atoms with Gasteiger partial charge in [-0.3, -0.25) is 11.2 Å². The second-order valence-corrected chi connectivity index (χ2v) is 4.88. The molecule has 1 fully saturated rings.